The summed E-state index contributed by atoms with van der Waals surface area (Å²) >= 11 is 4.12. The predicted molar refractivity (Wildman–Crippen MR) is 74.0 cm³/mol. The van der Waals surface area contributed by atoms with Gasteiger partial charge >= 0.3 is 49.4 Å². The summed E-state index contributed by atoms with van der Waals surface area (Å²) in [5.41, 5.74) is 1.34. The molecule has 2 aromatic carbocycles. The van der Waals surface area contributed by atoms with E-state index in [9.17, 15) is 0 Å². The fraction of sp³-hybridized carbons (Fsp3) is 0. The zero-order valence-electron chi connectivity index (χ0n) is 11.2. The first-order valence-electron chi connectivity index (χ1n) is 5.36. The summed E-state index contributed by atoms with van der Waals surface area (Å²) < 4.78 is 0.697. The van der Waals surface area contributed by atoms with Gasteiger partial charge in [-0.3, -0.25) is 0 Å². The molecule has 0 atom stereocenters. The molecule has 0 unspecified atom stereocenters. The van der Waals surface area contributed by atoms with E-state index in [0.29, 0.717) is 15.8 Å². The smallest absolute Gasteiger partial charge is 0.999 e. The molecule has 4 aromatic rings. The normalized spacial score (nSPS) is 8.36. The predicted octanol–water partition coefficient (Wildman–Crippen LogP) is 0.934. The minimum atomic E-state index is 0. The van der Waals surface area contributed by atoms with Gasteiger partial charge in [0.2, 0.25) is 0 Å². The van der Waals surface area contributed by atoms with Crippen molar-refractivity contribution in [2.24, 2.45) is 0 Å². The van der Waals surface area contributed by atoms with Gasteiger partial charge in [0.25, 0.3) is 0 Å². The van der Waals surface area contributed by atoms with E-state index in [2.05, 4.69) is 80.7 Å². The fourth-order valence-corrected chi connectivity index (χ4v) is 1.32. The summed E-state index contributed by atoms with van der Waals surface area (Å²) in [7, 11) is 0. The Balaban J connectivity index is 0.000000316. The van der Waals surface area contributed by atoms with Gasteiger partial charge in [-0.05, 0) is 6.33 Å². The molecule has 0 aliphatic carbocycles. The number of H-pyrrole nitrogens is 1. The third-order valence-electron chi connectivity index (χ3n) is 1.89. The van der Waals surface area contributed by atoms with Crippen LogP contribution in [0.15, 0.2) is 24.8 Å². The molecule has 4 rings (SSSR count). The number of nitrogens with zero attached hydrogens (tertiary/aromatic N) is 3. The van der Waals surface area contributed by atoms with Crippen LogP contribution in [0.4, 0.5) is 0 Å². The number of rotatable bonds is 0. The second-order valence-electron chi connectivity index (χ2n) is 3.16. The summed E-state index contributed by atoms with van der Waals surface area (Å²) in [4.78, 5) is 14.6. The SMILES string of the molecule is [Fe+2].[Hg+].[SH+]=c1[nH]cnc2[n-]cnc12.[c-]1[c-][c-][cH-][c-]1.[c-]1[c-][c-][cH-][c-]1. The maximum Gasteiger partial charge on any atom is 2.00 e. The number of aromatic amines is 1. The number of aromatic nitrogens is 4. The maximum atomic E-state index is 4.12. The van der Waals surface area contributed by atoms with Crippen LogP contribution < -0.4 is 4.98 Å². The molecule has 0 saturated heterocycles. The Hall–Kier alpha value is -1.08. The van der Waals surface area contributed by atoms with Crippen molar-refractivity contribution in [3.8, 4) is 0 Å². The van der Waals surface area contributed by atoms with Crippen LogP contribution >= 0.6 is 0 Å². The Bertz CT molecular complexity index is 686. The van der Waals surface area contributed by atoms with Gasteiger partial charge in [0.05, 0.1) is 5.52 Å². The molecule has 109 valence electrons. The first kappa shape index (κ1) is 20.9. The summed E-state index contributed by atoms with van der Waals surface area (Å²) in [6.07, 6.45) is 3.00. The van der Waals surface area contributed by atoms with E-state index in [0.717, 1.165) is 0 Å². The van der Waals surface area contributed by atoms with E-state index < -0.39 is 0 Å². The third kappa shape index (κ3) is 7.27. The number of thiol groups is 1. The molecule has 4 nitrogen and oxygen atoms in total. The van der Waals surface area contributed by atoms with Gasteiger partial charge in [-0.1, -0.05) is 0 Å². The van der Waals surface area contributed by atoms with Gasteiger partial charge in [0, 0.05) is 12.0 Å². The van der Waals surface area contributed by atoms with Crippen molar-refractivity contribution < 1.29 is 44.7 Å². The van der Waals surface area contributed by atoms with Gasteiger partial charge in [0.15, 0.2) is 12.2 Å². The van der Waals surface area contributed by atoms with Crippen LogP contribution in [-0.4, -0.2) is 15.0 Å². The van der Waals surface area contributed by atoms with Crippen LogP contribution in [0.3, 0.4) is 0 Å². The second kappa shape index (κ2) is 12.5. The van der Waals surface area contributed by atoms with Crippen molar-refractivity contribution >= 4 is 23.4 Å². The van der Waals surface area contributed by atoms with Crippen molar-refractivity contribution in [1.29, 1.82) is 0 Å². The van der Waals surface area contributed by atoms with E-state index in [1.165, 1.54) is 6.33 Å². The van der Waals surface area contributed by atoms with Gasteiger partial charge < -0.3 is 80.6 Å². The standard InChI is InChI=1S/C5H4N4S.2C5H.Fe.Hg/c10-5-3-4(7-1-6-3)8-2-9-5;2*1-2-4-5-3-1;;/h1-2H,(H2,6,7,8,9,10);2*1H;;/q;2*-5;+2;+1. The molecule has 7 heteroatoms. The van der Waals surface area contributed by atoms with Crippen LogP contribution in [0.5, 0.6) is 0 Å². The molecule has 2 aromatic heterocycles. The number of nitrogens with one attached hydrogen (secondary N) is 1. The molecule has 1 radical (unpaired) electrons. The molecule has 1 N–H and O–H groups in total. The fourth-order valence-electron chi connectivity index (χ4n) is 1.11. The minimum absolute atomic E-state index is 0. The minimum Gasteiger partial charge on any atom is -0.999 e. The van der Waals surface area contributed by atoms with Gasteiger partial charge in [-0.25, -0.2) is 0 Å². The molecule has 0 amide bonds. The zero-order valence-corrected chi connectivity index (χ0v) is 18.7. The van der Waals surface area contributed by atoms with Crippen molar-refractivity contribution in [1.82, 2.24) is 19.9 Å². The van der Waals surface area contributed by atoms with Crippen molar-refractivity contribution in [2.45, 2.75) is 0 Å². The summed E-state index contributed by atoms with van der Waals surface area (Å²) in [6, 6.07) is 24.0. The van der Waals surface area contributed by atoms with Crippen LogP contribution in [0.1, 0.15) is 0 Å². The van der Waals surface area contributed by atoms with E-state index >= 15 is 0 Å². The number of hydrogen-bond donors (Lipinski definition) is 1. The number of hydrogen-bond acceptors (Lipinski definition) is 2. The van der Waals surface area contributed by atoms with E-state index in [1.807, 2.05) is 0 Å². The topological polar surface area (TPSA) is 55.7 Å². The number of fused-ring (bicyclic) bond motifs is 1. The average molecular weight is 531 g/mol. The third-order valence-corrected chi connectivity index (χ3v) is 2.23. The van der Waals surface area contributed by atoms with Crippen LogP contribution in [0, 0.1) is 53.2 Å². The quantitative estimate of drug-likeness (QED) is 0.121. The zero-order chi connectivity index (χ0) is 14.0. The molecule has 0 bridgehead atoms. The van der Waals surface area contributed by atoms with Crippen LogP contribution in [0.25, 0.3) is 11.2 Å². The molecule has 0 spiro atoms. The van der Waals surface area contributed by atoms with Gasteiger partial charge in [0.1, 0.15) is 0 Å². The summed E-state index contributed by atoms with van der Waals surface area (Å²) in [5.74, 6) is 0. The Kier molecular flexibility index (Phi) is 11.9. The van der Waals surface area contributed by atoms with E-state index in [4.69, 9.17) is 0 Å². The monoisotopic (exact) mass is 532 g/mol. The van der Waals surface area contributed by atoms with Crippen molar-refractivity contribution in [2.75, 3.05) is 0 Å². The molecule has 0 aliphatic rings. The van der Waals surface area contributed by atoms with Gasteiger partial charge in [-0.2, -0.15) is 0 Å². The summed E-state index contributed by atoms with van der Waals surface area (Å²) in [6.45, 7) is 0. The van der Waals surface area contributed by atoms with Crippen molar-refractivity contribution in [3.63, 3.8) is 0 Å². The first-order valence-corrected chi connectivity index (χ1v) is 5.81. The second-order valence-corrected chi connectivity index (χ2v) is 3.61. The molecule has 0 fully saturated rings. The molecule has 2 heterocycles. The molecule has 0 aliphatic heterocycles. The first-order chi connectivity index (χ1) is 9.88. The Morgan fingerprint density at radius 1 is 1.00 bits per heavy atom. The average Bonchev–Trinajstić information content (AvgIpc) is 3.24. The Morgan fingerprint density at radius 3 is 1.95 bits per heavy atom. The van der Waals surface area contributed by atoms with E-state index in [1.54, 1.807) is 18.5 Å². The molecule has 22 heavy (non-hydrogen) atoms. The van der Waals surface area contributed by atoms with Gasteiger partial charge in [-0.15, -0.1) is 0 Å². The molecular weight excluding hydrogens is 525 g/mol. The van der Waals surface area contributed by atoms with Crippen LogP contribution in [0.2, 0.25) is 0 Å². The molecule has 0 saturated carbocycles. The number of imidazole rings is 1. The summed E-state index contributed by atoms with van der Waals surface area (Å²) in [5, 5.41) is 0. The molecular formula is C15H6FeHgN4S-7. The largest absolute Gasteiger partial charge is 2.00 e. The van der Waals surface area contributed by atoms with E-state index in [-0.39, 0.29) is 44.7 Å². The Morgan fingerprint density at radius 2 is 1.55 bits per heavy atom. The maximum absolute atomic E-state index is 4.12. The van der Waals surface area contributed by atoms with Crippen LogP contribution in [-0.2, 0) is 57.0 Å². The van der Waals surface area contributed by atoms with Crippen molar-refractivity contribution in [3.05, 3.63) is 78.0 Å². The Labute approximate surface area is 165 Å².